The number of rotatable bonds is 2. The van der Waals surface area contributed by atoms with Crippen LogP contribution >= 0.6 is 0 Å². The standard InChI is InChI=1S/C9H10N4O2/c1-5-7(9(14)11-10)8(13-12-5)6-3-2-4-15-6/h2-4H,10H2,1H3,(H,11,14)(H,12,13). The molecule has 0 aromatic carbocycles. The summed E-state index contributed by atoms with van der Waals surface area (Å²) >= 11 is 0. The van der Waals surface area contributed by atoms with Crippen molar-refractivity contribution < 1.29 is 9.21 Å². The van der Waals surface area contributed by atoms with Crippen molar-refractivity contribution in [1.82, 2.24) is 15.6 Å². The smallest absolute Gasteiger partial charge is 0.269 e. The van der Waals surface area contributed by atoms with Crippen molar-refractivity contribution in [2.75, 3.05) is 0 Å². The zero-order valence-electron chi connectivity index (χ0n) is 8.07. The fourth-order valence-corrected chi connectivity index (χ4v) is 1.37. The second-order valence-electron chi connectivity index (χ2n) is 3.02. The Balaban J connectivity index is 2.54. The zero-order chi connectivity index (χ0) is 10.8. The first-order chi connectivity index (χ1) is 7.24. The fraction of sp³-hybridized carbons (Fsp3) is 0.111. The summed E-state index contributed by atoms with van der Waals surface area (Å²) in [5, 5.41) is 6.71. The minimum Gasteiger partial charge on any atom is -0.463 e. The number of nitrogens with one attached hydrogen (secondary N) is 2. The summed E-state index contributed by atoms with van der Waals surface area (Å²) in [5.74, 6) is 5.21. The molecule has 78 valence electrons. The number of aromatic amines is 1. The van der Waals surface area contributed by atoms with Crippen LogP contribution in [0.4, 0.5) is 0 Å². The molecular weight excluding hydrogens is 196 g/mol. The highest BCUT2D eigenvalue weighted by Gasteiger charge is 2.19. The molecule has 1 amide bonds. The number of hydrogen-bond donors (Lipinski definition) is 3. The second-order valence-corrected chi connectivity index (χ2v) is 3.02. The molecule has 6 heteroatoms. The van der Waals surface area contributed by atoms with E-state index in [1.54, 1.807) is 19.1 Å². The van der Waals surface area contributed by atoms with Gasteiger partial charge >= 0.3 is 0 Å². The summed E-state index contributed by atoms with van der Waals surface area (Å²) < 4.78 is 5.16. The molecule has 2 rings (SSSR count). The van der Waals surface area contributed by atoms with Gasteiger partial charge in [0.25, 0.3) is 5.91 Å². The van der Waals surface area contributed by atoms with E-state index in [2.05, 4.69) is 15.6 Å². The molecule has 2 aromatic rings. The highest BCUT2D eigenvalue weighted by atomic mass is 16.3. The molecule has 15 heavy (non-hydrogen) atoms. The molecule has 0 bridgehead atoms. The van der Waals surface area contributed by atoms with Gasteiger partial charge in [-0.05, 0) is 19.1 Å². The minimum atomic E-state index is -0.396. The van der Waals surface area contributed by atoms with E-state index < -0.39 is 5.91 Å². The molecule has 0 aliphatic rings. The Morgan fingerprint density at radius 3 is 3.07 bits per heavy atom. The van der Waals surface area contributed by atoms with E-state index in [9.17, 15) is 4.79 Å². The minimum absolute atomic E-state index is 0.396. The van der Waals surface area contributed by atoms with Gasteiger partial charge in [0.15, 0.2) is 5.76 Å². The van der Waals surface area contributed by atoms with Gasteiger partial charge in [0.05, 0.1) is 11.8 Å². The third-order valence-electron chi connectivity index (χ3n) is 2.06. The van der Waals surface area contributed by atoms with E-state index in [0.717, 1.165) is 0 Å². The molecule has 0 unspecified atom stereocenters. The van der Waals surface area contributed by atoms with Crippen molar-refractivity contribution in [1.29, 1.82) is 0 Å². The van der Waals surface area contributed by atoms with Gasteiger partial charge in [-0.2, -0.15) is 5.10 Å². The van der Waals surface area contributed by atoms with Gasteiger partial charge in [0, 0.05) is 5.69 Å². The lowest BCUT2D eigenvalue weighted by Crippen LogP contribution is -2.30. The molecule has 0 atom stereocenters. The average molecular weight is 206 g/mol. The molecule has 0 aliphatic carbocycles. The molecule has 2 heterocycles. The number of aromatic nitrogens is 2. The molecular formula is C9H10N4O2. The monoisotopic (exact) mass is 206 g/mol. The summed E-state index contributed by atoms with van der Waals surface area (Å²) in [6.07, 6.45) is 1.52. The maximum absolute atomic E-state index is 11.5. The number of nitrogen functional groups attached to an aromatic ring is 1. The highest BCUT2D eigenvalue weighted by molar-refractivity contribution is 6.00. The third-order valence-corrected chi connectivity index (χ3v) is 2.06. The average Bonchev–Trinajstić information content (AvgIpc) is 2.85. The number of H-pyrrole nitrogens is 1. The summed E-state index contributed by atoms with van der Waals surface area (Å²) in [6, 6.07) is 3.45. The van der Waals surface area contributed by atoms with Gasteiger partial charge in [-0.3, -0.25) is 15.3 Å². The van der Waals surface area contributed by atoms with E-state index in [0.29, 0.717) is 22.7 Å². The highest BCUT2D eigenvalue weighted by Crippen LogP contribution is 2.23. The molecule has 4 N–H and O–H groups in total. The van der Waals surface area contributed by atoms with E-state index >= 15 is 0 Å². The van der Waals surface area contributed by atoms with Crippen LogP contribution in [0.1, 0.15) is 16.1 Å². The molecule has 0 fully saturated rings. The molecule has 0 saturated carbocycles. The number of carbonyl (C=O) groups is 1. The van der Waals surface area contributed by atoms with Crippen molar-refractivity contribution in [2.45, 2.75) is 6.92 Å². The largest absolute Gasteiger partial charge is 0.463 e. The van der Waals surface area contributed by atoms with Crippen LogP contribution in [0.5, 0.6) is 0 Å². The molecule has 0 saturated heterocycles. The number of hydrogen-bond acceptors (Lipinski definition) is 4. The number of aryl methyl sites for hydroxylation is 1. The third kappa shape index (κ3) is 1.50. The lowest BCUT2D eigenvalue weighted by atomic mass is 10.1. The van der Waals surface area contributed by atoms with Gasteiger partial charge in [0.1, 0.15) is 5.69 Å². The maximum Gasteiger partial charge on any atom is 0.269 e. The molecule has 0 aliphatic heterocycles. The first kappa shape index (κ1) is 9.47. The van der Waals surface area contributed by atoms with Gasteiger partial charge in [-0.15, -0.1) is 0 Å². The van der Waals surface area contributed by atoms with Crippen LogP contribution in [-0.4, -0.2) is 16.1 Å². The van der Waals surface area contributed by atoms with Crippen molar-refractivity contribution in [3.63, 3.8) is 0 Å². The van der Waals surface area contributed by atoms with E-state index in [4.69, 9.17) is 10.3 Å². The first-order valence-electron chi connectivity index (χ1n) is 4.34. The number of furan rings is 1. The number of amides is 1. The van der Waals surface area contributed by atoms with Crippen molar-refractivity contribution in [3.05, 3.63) is 29.7 Å². The van der Waals surface area contributed by atoms with Crippen molar-refractivity contribution >= 4 is 5.91 Å². The maximum atomic E-state index is 11.5. The van der Waals surface area contributed by atoms with Crippen LogP contribution in [0.15, 0.2) is 22.8 Å². The molecule has 6 nitrogen and oxygen atoms in total. The quantitative estimate of drug-likeness (QED) is 0.380. The van der Waals surface area contributed by atoms with Gasteiger partial charge in [-0.1, -0.05) is 0 Å². The Labute approximate surface area is 85.4 Å². The second kappa shape index (κ2) is 3.58. The van der Waals surface area contributed by atoms with Crippen molar-refractivity contribution in [3.8, 4) is 11.5 Å². The Morgan fingerprint density at radius 1 is 1.67 bits per heavy atom. The number of carbonyl (C=O) groups excluding carboxylic acids is 1. The van der Waals surface area contributed by atoms with Crippen LogP contribution in [-0.2, 0) is 0 Å². The van der Waals surface area contributed by atoms with Crippen LogP contribution in [0.2, 0.25) is 0 Å². The van der Waals surface area contributed by atoms with Crippen LogP contribution in [0, 0.1) is 6.92 Å². The molecule has 2 aromatic heterocycles. The van der Waals surface area contributed by atoms with Gasteiger partial charge in [0.2, 0.25) is 0 Å². The lowest BCUT2D eigenvalue weighted by molar-refractivity contribution is 0.0953. The Kier molecular flexibility index (Phi) is 2.26. The fourth-order valence-electron chi connectivity index (χ4n) is 1.37. The summed E-state index contributed by atoms with van der Waals surface area (Å²) in [4.78, 5) is 11.5. The van der Waals surface area contributed by atoms with Crippen LogP contribution in [0.25, 0.3) is 11.5 Å². The van der Waals surface area contributed by atoms with E-state index in [1.807, 2.05) is 0 Å². The summed E-state index contributed by atoms with van der Waals surface area (Å²) in [6.45, 7) is 1.74. The Bertz CT molecular complexity index is 472. The predicted octanol–water partition coefficient (Wildman–Crippen LogP) is 0.582. The predicted molar refractivity (Wildman–Crippen MR) is 52.7 cm³/mol. The lowest BCUT2D eigenvalue weighted by Gasteiger charge is -1.99. The summed E-state index contributed by atoms with van der Waals surface area (Å²) in [5.41, 5.74) is 3.57. The normalized spacial score (nSPS) is 10.3. The first-order valence-corrected chi connectivity index (χ1v) is 4.34. The van der Waals surface area contributed by atoms with E-state index in [-0.39, 0.29) is 0 Å². The topological polar surface area (TPSA) is 96.9 Å². The molecule has 0 radical (unpaired) electrons. The van der Waals surface area contributed by atoms with Gasteiger partial charge in [-0.25, -0.2) is 5.84 Å². The number of hydrazine groups is 1. The van der Waals surface area contributed by atoms with Gasteiger partial charge < -0.3 is 4.42 Å². The Hall–Kier alpha value is -2.08. The molecule has 0 spiro atoms. The van der Waals surface area contributed by atoms with E-state index in [1.165, 1.54) is 6.26 Å². The van der Waals surface area contributed by atoms with Crippen molar-refractivity contribution in [2.24, 2.45) is 5.84 Å². The zero-order valence-corrected chi connectivity index (χ0v) is 8.07. The number of nitrogens with zero attached hydrogens (tertiary/aromatic N) is 1. The SMILES string of the molecule is Cc1[nH]nc(-c2ccco2)c1C(=O)NN. The number of nitrogens with two attached hydrogens (primary N) is 1. The van der Waals surface area contributed by atoms with Crippen LogP contribution < -0.4 is 11.3 Å². The Morgan fingerprint density at radius 2 is 2.47 bits per heavy atom. The van der Waals surface area contributed by atoms with Crippen LogP contribution in [0.3, 0.4) is 0 Å². The summed E-state index contributed by atoms with van der Waals surface area (Å²) in [7, 11) is 0.